The zero-order valence-corrected chi connectivity index (χ0v) is 13.0. The molecule has 2 atom stereocenters. The monoisotopic (exact) mass is 280 g/mol. The van der Waals surface area contributed by atoms with Crippen molar-refractivity contribution < 1.29 is 4.79 Å². The summed E-state index contributed by atoms with van der Waals surface area (Å²) in [6.45, 7) is 8.29. The Bertz CT molecular complexity index is 434. The zero-order chi connectivity index (χ0) is 14.4. The van der Waals surface area contributed by atoms with Gasteiger partial charge >= 0.3 is 0 Å². The van der Waals surface area contributed by atoms with Gasteiger partial charge in [-0.2, -0.15) is 0 Å². The average molecular weight is 280 g/mol. The van der Waals surface area contributed by atoms with Gasteiger partial charge in [0.1, 0.15) is 0 Å². The maximum atomic E-state index is 12.1. The number of thioether (sulfide) groups is 1. The van der Waals surface area contributed by atoms with Gasteiger partial charge in [-0.15, -0.1) is 11.8 Å². The molecule has 0 saturated heterocycles. The number of benzene rings is 1. The molecule has 0 saturated carbocycles. The Morgan fingerprint density at radius 2 is 2.11 bits per heavy atom. The number of anilines is 2. The van der Waals surface area contributed by atoms with E-state index < -0.39 is 0 Å². The first-order chi connectivity index (χ1) is 8.93. The van der Waals surface area contributed by atoms with E-state index in [1.165, 1.54) is 0 Å². The molecule has 1 rings (SSSR count). The van der Waals surface area contributed by atoms with Crippen molar-refractivity contribution in [1.29, 1.82) is 0 Å². The maximum absolute atomic E-state index is 12.1. The van der Waals surface area contributed by atoms with Crippen molar-refractivity contribution in [2.24, 2.45) is 5.92 Å². The minimum Gasteiger partial charge on any atom is -0.399 e. The number of nitrogens with one attached hydrogen (secondary N) is 1. The van der Waals surface area contributed by atoms with E-state index in [0.29, 0.717) is 11.6 Å². The average Bonchev–Trinajstić information content (AvgIpc) is 2.39. The fourth-order valence-corrected chi connectivity index (χ4v) is 2.57. The van der Waals surface area contributed by atoms with Crippen LogP contribution in [-0.2, 0) is 4.79 Å². The van der Waals surface area contributed by atoms with Crippen molar-refractivity contribution in [1.82, 2.24) is 0 Å². The quantitative estimate of drug-likeness (QED) is 0.781. The van der Waals surface area contributed by atoms with E-state index in [1.807, 2.05) is 26.0 Å². The molecule has 0 aliphatic heterocycles. The lowest BCUT2D eigenvalue weighted by atomic mass is 10.2. The van der Waals surface area contributed by atoms with Crippen molar-refractivity contribution in [2.75, 3.05) is 16.8 Å². The minimum atomic E-state index is -0.0465. The van der Waals surface area contributed by atoms with E-state index in [0.717, 1.165) is 23.4 Å². The lowest BCUT2D eigenvalue weighted by molar-refractivity contribution is -0.115. The van der Waals surface area contributed by atoms with Gasteiger partial charge in [0.25, 0.3) is 0 Å². The van der Waals surface area contributed by atoms with Crippen molar-refractivity contribution in [3.63, 3.8) is 0 Å². The van der Waals surface area contributed by atoms with Crippen LogP contribution in [0.4, 0.5) is 11.4 Å². The van der Waals surface area contributed by atoms with Crippen LogP contribution in [0, 0.1) is 12.8 Å². The fraction of sp³-hybridized carbons (Fsp3) is 0.533. The molecule has 0 aromatic heterocycles. The zero-order valence-electron chi connectivity index (χ0n) is 12.2. The molecule has 1 aromatic carbocycles. The van der Waals surface area contributed by atoms with Crippen LogP contribution in [0.2, 0.25) is 0 Å². The van der Waals surface area contributed by atoms with Crippen molar-refractivity contribution in [3.05, 3.63) is 23.8 Å². The summed E-state index contributed by atoms with van der Waals surface area (Å²) in [5.74, 6) is 1.71. The molecule has 0 radical (unpaired) electrons. The number of carbonyl (C=O) groups is 1. The normalized spacial score (nSPS) is 13.9. The number of rotatable bonds is 6. The van der Waals surface area contributed by atoms with E-state index in [1.54, 1.807) is 17.8 Å². The molecule has 2 unspecified atom stereocenters. The number of hydrogen-bond donors (Lipinski definition) is 2. The van der Waals surface area contributed by atoms with Crippen molar-refractivity contribution >= 4 is 29.0 Å². The van der Waals surface area contributed by atoms with Gasteiger partial charge in [-0.1, -0.05) is 26.3 Å². The summed E-state index contributed by atoms with van der Waals surface area (Å²) in [6, 6.07) is 5.56. The Morgan fingerprint density at radius 3 is 2.74 bits per heavy atom. The summed E-state index contributed by atoms with van der Waals surface area (Å²) in [5, 5.41) is 2.91. The first-order valence-corrected chi connectivity index (χ1v) is 7.77. The van der Waals surface area contributed by atoms with E-state index in [2.05, 4.69) is 19.2 Å². The van der Waals surface area contributed by atoms with Gasteiger partial charge in [0.2, 0.25) is 5.91 Å². The summed E-state index contributed by atoms with van der Waals surface area (Å²) in [5.41, 5.74) is 8.24. The summed E-state index contributed by atoms with van der Waals surface area (Å²) in [6.07, 6.45) is 1.15. The second-order valence-corrected chi connectivity index (χ2v) is 6.43. The van der Waals surface area contributed by atoms with Crippen LogP contribution in [-0.4, -0.2) is 16.9 Å². The molecule has 0 bridgehead atoms. The maximum Gasteiger partial charge on any atom is 0.237 e. The van der Waals surface area contributed by atoms with Gasteiger partial charge in [-0.3, -0.25) is 4.79 Å². The Morgan fingerprint density at radius 1 is 1.42 bits per heavy atom. The van der Waals surface area contributed by atoms with Gasteiger partial charge in [0.15, 0.2) is 0 Å². The molecule has 4 heteroatoms. The predicted octanol–water partition coefficient (Wildman–Crippen LogP) is 3.68. The van der Waals surface area contributed by atoms with Gasteiger partial charge in [-0.05, 0) is 43.2 Å². The molecule has 0 spiro atoms. The van der Waals surface area contributed by atoms with E-state index in [9.17, 15) is 4.79 Å². The number of amides is 1. The standard InChI is InChI=1S/C15H24N2OS/c1-5-10(2)9-19-12(4)15(18)17-14-8-13(16)7-6-11(14)3/h6-8,10,12H,5,9,16H2,1-4H3,(H,17,18). The molecule has 1 aromatic rings. The third-order valence-electron chi connectivity index (χ3n) is 3.22. The lowest BCUT2D eigenvalue weighted by Gasteiger charge is -2.15. The molecular weight excluding hydrogens is 256 g/mol. The van der Waals surface area contributed by atoms with Crippen LogP contribution in [0.5, 0.6) is 0 Å². The lowest BCUT2D eigenvalue weighted by Crippen LogP contribution is -2.23. The second-order valence-electron chi connectivity index (χ2n) is 5.05. The van der Waals surface area contributed by atoms with Gasteiger partial charge < -0.3 is 11.1 Å². The molecule has 0 fully saturated rings. The van der Waals surface area contributed by atoms with Crippen LogP contribution < -0.4 is 11.1 Å². The fourth-order valence-electron chi connectivity index (χ4n) is 1.51. The summed E-state index contributed by atoms with van der Waals surface area (Å²) in [7, 11) is 0. The molecule has 1 amide bonds. The molecule has 3 N–H and O–H groups in total. The van der Waals surface area contributed by atoms with Crippen LogP contribution >= 0.6 is 11.8 Å². The molecule has 19 heavy (non-hydrogen) atoms. The first kappa shape index (κ1) is 15.9. The highest BCUT2D eigenvalue weighted by atomic mass is 32.2. The molecule has 0 aliphatic carbocycles. The molecule has 3 nitrogen and oxygen atoms in total. The molecule has 0 aliphatic rings. The summed E-state index contributed by atoms with van der Waals surface area (Å²) < 4.78 is 0. The Balaban J connectivity index is 2.56. The molecule has 0 heterocycles. The summed E-state index contributed by atoms with van der Waals surface area (Å²) >= 11 is 1.70. The number of carbonyl (C=O) groups excluding carboxylic acids is 1. The topological polar surface area (TPSA) is 55.1 Å². The number of nitrogen functional groups attached to an aromatic ring is 1. The Kier molecular flexibility index (Phi) is 6.22. The van der Waals surface area contributed by atoms with Crippen LogP contribution in [0.15, 0.2) is 18.2 Å². The molecule has 106 valence electrons. The SMILES string of the molecule is CCC(C)CSC(C)C(=O)Nc1cc(N)ccc1C. The highest BCUT2D eigenvalue weighted by Gasteiger charge is 2.15. The largest absolute Gasteiger partial charge is 0.399 e. The molecular formula is C15H24N2OS. The number of aryl methyl sites for hydroxylation is 1. The number of hydrogen-bond acceptors (Lipinski definition) is 3. The van der Waals surface area contributed by atoms with Crippen molar-refractivity contribution in [3.8, 4) is 0 Å². The van der Waals surface area contributed by atoms with Gasteiger partial charge in [0.05, 0.1) is 5.25 Å². The minimum absolute atomic E-state index is 0.0435. The van der Waals surface area contributed by atoms with Gasteiger partial charge in [0, 0.05) is 11.4 Å². The van der Waals surface area contributed by atoms with E-state index in [-0.39, 0.29) is 11.2 Å². The summed E-state index contributed by atoms with van der Waals surface area (Å²) in [4.78, 5) is 12.1. The van der Waals surface area contributed by atoms with Crippen molar-refractivity contribution in [2.45, 2.75) is 39.4 Å². The predicted molar refractivity (Wildman–Crippen MR) is 85.6 cm³/mol. The van der Waals surface area contributed by atoms with Crippen LogP contribution in [0.3, 0.4) is 0 Å². The first-order valence-electron chi connectivity index (χ1n) is 6.72. The van der Waals surface area contributed by atoms with E-state index >= 15 is 0 Å². The third-order valence-corrected chi connectivity index (χ3v) is 4.69. The highest BCUT2D eigenvalue weighted by Crippen LogP contribution is 2.21. The number of nitrogens with two attached hydrogens (primary N) is 1. The Labute approximate surface area is 120 Å². The third kappa shape index (κ3) is 5.15. The smallest absolute Gasteiger partial charge is 0.237 e. The Hall–Kier alpha value is -1.16. The van der Waals surface area contributed by atoms with Crippen LogP contribution in [0.25, 0.3) is 0 Å². The van der Waals surface area contributed by atoms with Crippen LogP contribution in [0.1, 0.15) is 32.8 Å². The van der Waals surface area contributed by atoms with E-state index in [4.69, 9.17) is 5.73 Å². The highest BCUT2D eigenvalue weighted by molar-refractivity contribution is 8.00. The van der Waals surface area contributed by atoms with Gasteiger partial charge in [-0.25, -0.2) is 0 Å². The second kappa shape index (κ2) is 7.43.